The summed E-state index contributed by atoms with van der Waals surface area (Å²) in [6, 6.07) is 4.33. The van der Waals surface area contributed by atoms with Gasteiger partial charge in [-0.3, -0.25) is 4.79 Å². The molecule has 0 aromatic heterocycles. The maximum atomic E-state index is 13.7. The molecule has 5 heteroatoms. The Balaban J connectivity index is 1.77. The molecule has 1 aromatic carbocycles. The fraction of sp³-hybridized carbons (Fsp3) is 0.500. The van der Waals surface area contributed by atoms with Crippen LogP contribution < -0.4 is 11.1 Å². The lowest BCUT2D eigenvalue weighted by atomic mass is 10.1. The predicted octanol–water partition coefficient (Wildman–Crippen LogP) is 1.44. The molecular formula is C14H19FN2O2. The molecule has 104 valence electrons. The van der Waals surface area contributed by atoms with Gasteiger partial charge in [-0.15, -0.1) is 0 Å². The minimum atomic E-state index is -0.611. The number of primary amides is 1. The highest BCUT2D eigenvalue weighted by Crippen LogP contribution is 2.15. The maximum Gasteiger partial charge on any atom is 0.248 e. The maximum absolute atomic E-state index is 13.7. The normalized spacial score (nSPS) is 18.7. The van der Waals surface area contributed by atoms with E-state index in [1.165, 1.54) is 6.07 Å². The summed E-state index contributed by atoms with van der Waals surface area (Å²) in [5.41, 5.74) is 5.84. The van der Waals surface area contributed by atoms with Crippen molar-refractivity contribution in [2.24, 2.45) is 11.7 Å². The van der Waals surface area contributed by atoms with Gasteiger partial charge in [0.15, 0.2) is 0 Å². The molecule has 0 radical (unpaired) electrons. The quantitative estimate of drug-likeness (QED) is 0.766. The van der Waals surface area contributed by atoms with Crippen molar-refractivity contribution in [3.05, 3.63) is 35.1 Å². The van der Waals surface area contributed by atoms with Gasteiger partial charge < -0.3 is 15.8 Å². The summed E-state index contributed by atoms with van der Waals surface area (Å²) in [5.74, 6) is -0.387. The second-order valence-electron chi connectivity index (χ2n) is 4.87. The zero-order chi connectivity index (χ0) is 13.7. The molecule has 0 spiro atoms. The minimum Gasteiger partial charge on any atom is -0.381 e. The molecule has 3 N–H and O–H groups in total. The molecule has 1 aliphatic heterocycles. The second-order valence-corrected chi connectivity index (χ2v) is 4.87. The van der Waals surface area contributed by atoms with Gasteiger partial charge in [-0.25, -0.2) is 4.39 Å². The van der Waals surface area contributed by atoms with Gasteiger partial charge in [0.1, 0.15) is 5.82 Å². The standard InChI is InChI=1S/C14H19FN2O2/c15-13-7-11(14(16)18)1-2-12(13)8-17-5-3-10-4-6-19-9-10/h1-2,7,10,17H,3-6,8-9H2,(H2,16,18). The van der Waals surface area contributed by atoms with Gasteiger partial charge in [0.05, 0.1) is 0 Å². The summed E-state index contributed by atoms with van der Waals surface area (Å²) in [6.45, 7) is 2.99. The van der Waals surface area contributed by atoms with E-state index < -0.39 is 11.7 Å². The summed E-state index contributed by atoms with van der Waals surface area (Å²) in [7, 11) is 0. The highest BCUT2D eigenvalue weighted by Gasteiger charge is 2.14. The van der Waals surface area contributed by atoms with Crippen molar-refractivity contribution in [3.8, 4) is 0 Å². The predicted molar refractivity (Wildman–Crippen MR) is 70.2 cm³/mol. The number of benzene rings is 1. The van der Waals surface area contributed by atoms with Crippen LogP contribution in [-0.4, -0.2) is 25.7 Å². The number of nitrogens with one attached hydrogen (secondary N) is 1. The third-order valence-electron chi connectivity index (χ3n) is 3.41. The van der Waals surface area contributed by atoms with Crippen LogP contribution in [0, 0.1) is 11.7 Å². The van der Waals surface area contributed by atoms with Crippen LogP contribution in [0.3, 0.4) is 0 Å². The first-order chi connectivity index (χ1) is 9.16. The first-order valence-electron chi connectivity index (χ1n) is 6.53. The number of hydrogen-bond acceptors (Lipinski definition) is 3. The molecule has 1 aliphatic rings. The van der Waals surface area contributed by atoms with Crippen LogP contribution in [0.25, 0.3) is 0 Å². The van der Waals surface area contributed by atoms with Crippen molar-refractivity contribution in [1.29, 1.82) is 0 Å². The smallest absolute Gasteiger partial charge is 0.248 e. The van der Waals surface area contributed by atoms with Crippen molar-refractivity contribution in [1.82, 2.24) is 5.32 Å². The Hall–Kier alpha value is -1.46. The molecule has 1 amide bonds. The Morgan fingerprint density at radius 1 is 1.53 bits per heavy atom. The van der Waals surface area contributed by atoms with Crippen LogP contribution in [0.4, 0.5) is 4.39 Å². The fourth-order valence-corrected chi connectivity index (χ4v) is 2.18. The summed E-state index contributed by atoms with van der Waals surface area (Å²) in [5, 5.41) is 3.21. The third-order valence-corrected chi connectivity index (χ3v) is 3.41. The van der Waals surface area contributed by atoms with E-state index in [9.17, 15) is 9.18 Å². The number of ether oxygens (including phenoxy) is 1. The molecule has 0 aliphatic carbocycles. The number of amides is 1. The molecule has 1 saturated heterocycles. The van der Waals surface area contributed by atoms with E-state index >= 15 is 0 Å². The third kappa shape index (κ3) is 4.01. The summed E-state index contributed by atoms with van der Waals surface area (Å²) in [6.07, 6.45) is 2.16. The Kier molecular flexibility index (Phi) is 4.87. The summed E-state index contributed by atoms with van der Waals surface area (Å²) in [4.78, 5) is 10.9. The first kappa shape index (κ1) is 14.0. The average Bonchev–Trinajstić information content (AvgIpc) is 2.89. The molecular weight excluding hydrogens is 247 g/mol. The second kappa shape index (κ2) is 6.63. The van der Waals surface area contributed by atoms with Crippen molar-refractivity contribution in [3.63, 3.8) is 0 Å². The lowest BCUT2D eigenvalue weighted by Gasteiger charge is -2.09. The minimum absolute atomic E-state index is 0.198. The van der Waals surface area contributed by atoms with Gasteiger partial charge in [0.25, 0.3) is 0 Å². The summed E-state index contributed by atoms with van der Waals surface area (Å²) < 4.78 is 19.0. The van der Waals surface area contributed by atoms with Crippen LogP contribution in [0.5, 0.6) is 0 Å². The van der Waals surface area contributed by atoms with E-state index in [2.05, 4.69) is 5.32 Å². The Morgan fingerprint density at radius 3 is 3.00 bits per heavy atom. The van der Waals surface area contributed by atoms with E-state index in [1.807, 2.05) is 0 Å². The van der Waals surface area contributed by atoms with Crippen LogP contribution >= 0.6 is 0 Å². The molecule has 1 unspecified atom stereocenters. The SMILES string of the molecule is NC(=O)c1ccc(CNCCC2CCOC2)c(F)c1. The number of rotatable bonds is 6. The molecule has 4 nitrogen and oxygen atoms in total. The van der Waals surface area contributed by atoms with Gasteiger partial charge in [-0.1, -0.05) is 6.07 Å². The van der Waals surface area contributed by atoms with Crippen LogP contribution in [0.15, 0.2) is 18.2 Å². The fourth-order valence-electron chi connectivity index (χ4n) is 2.18. The highest BCUT2D eigenvalue weighted by molar-refractivity contribution is 5.92. The molecule has 2 rings (SSSR count). The first-order valence-corrected chi connectivity index (χ1v) is 6.53. The zero-order valence-electron chi connectivity index (χ0n) is 10.8. The average molecular weight is 266 g/mol. The molecule has 1 fully saturated rings. The van der Waals surface area contributed by atoms with Crippen LogP contribution in [0.2, 0.25) is 0 Å². The molecule has 0 saturated carbocycles. The van der Waals surface area contributed by atoms with E-state index in [0.717, 1.165) is 32.6 Å². The monoisotopic (exact) mass is 266 g/mol. The van der Waals surface area contributed by atoms with Crippen molar-refractivity contribution < 1.29 is 13.9 Å². The van der Waals surface area contributed by atoms with Gasteiger partial charge in [-0.05, 0) is 37.4 Å². The van der Waals surface area contributed by atoms with E-state index in [0.29, 0.717) is 18.0 Å². The van der Waals surface area contributed by atoms with Crippen molar-refractivity contribution in [2.75, 3.05) is 19.8 Å². The van der Waals surface area contributed by atoms with Gasteiger partial charge in [0, 0.05) is 30.9 Å². The molecule has 1 aromatic rings. The Bertz CT molecular complexity index is 445. The largest absolute Gasteiger partial charge is 0.381 e. The van der Waals surface area contributed by atoms with E-state index in [4.69, 9.17) is 10.5 Å². The zero-order valence-corrected chi connectivity index (χ0v) is 10.8. The lowest BCUT2D eigenvalue weighted by Crippen LogP contribution is -2.19. The Morgan fingerprint density at radius 2 is 2.37 bits per heavy atom. The van der Waals surface area contributed by atoms with Crippen molar-refractivity contribution in [2.45, 2.75) is 19.4 Å². The number of carbonyl (C=O) groups excluding carboxylic acids is 1. The number of halogens is 1. The lowest BCUT2D eigenvalue weighted by molar-refractivity contribution is 0.1000. The topological polar surface area (TPSA) is 64.4 Å². The number of hydrogen-bond donors (Lipinski definition) is 2. The molecule has 0 bridgehead atoms. The molecule has 1 heterocycles. The Labute approximate surface area is 112 Å². The molecule has 19 heavy (non-hydrogen) atoms. The van der Waals surface area contributed by atoms with Gasteiger partial charge in [-0.2, -0.15) is 0 Å². The summed E-state index contributed by atoms with van der Waals surface area (Å²) >= 11 is 0. The molecule has 1 atom stereocenters. The highest BCUT2D eigenvalue weighted by atomic mass is 19.1. The number of nitrogens with two attached hydrogens (primary N) is 1. The van der Waals surface area contributed by atoms with E-state index in [-0.39, 0.29) is 5.56 Å². The van der Waals surface area contributed by atoms with Crippen molar-refractivity contribution >= 4 is 5.91 Å². The number of carbonyl (C=O) groups is 1. The van der Waals surface area contributed by atoms with Crippen LogP contribution in [-0.2, 0) is 11.3 Å². The van der Waals surface area contributed by atoms with E-state index in [1.54, 1.807) is 12.1 Å². The van der Waals surface area contributed by atoms with Gasteiger partial charge in [0.2, 0.25) is 5.91 Å². The van der Waals surface area contributed by atoms with Gasteiger partial charge >= 0.3 is 0 Å². The van der Waals surface area contributed by atoms with Crippen LogP contribution in [0.1, 0.15) is 28.8 Å².